The van der Waals surface area contributed by atoms with Gasteiger partial charge in [-0.15, -0.1) is 0 Å². The van der Waals surface area contributed by atoms with Gasteiger partial charge in [-0.1, -0.05) is 6.58 Å². The van der Waals surface area contributed by atoms with E-state index in [1.807, 2.05) is 0 Å². The molecule has 0 saturated carbocycles. The van der Waals surface area contributed by atoms with Crippen molar-refractivity contribution in [3.8, 4) is 0 Å². The fraction of sp³-hybridized carbons (Fsp3) is 0.625. The van der Waals surface area contributed by atoms with Gasteiger partial charge in [0.25, 0.3) is 0 Å². The molecule has 0 aromatic carbocycles. The van der Waals surface area contributed by atoms with Crippen molar-refractivity contribution >= 4 is 16.2 Å². The summed E-state index contributed by atoms with van der Waals surface area (Å²) in [5.41, 5.74) is -2.26. The smallest absolute Gasteiger partial charge is 0.333 e. The maximum atomic E-state index is 12.3. The molecule has 0 aliphatic rings. The Labute approximate surface area is 79.4 Å². The average Bonchev–Trinajstić information content (AvgIpc) is 1.95. The van der Waals surface area contributed by atoms with Crippen LogP contribution in [-0.2, 0) is 9.53 Å². The lowest BCUT2D eigenvalue weighted by Gasteiger charge is -2.09. The summed E-state index contributed by atoms with van der Waals surface area (Å²) in [5.74, 6) is -0.517. The molecule has 0 unspecified atom stereocenters. The van der Waals surface area contributed by atoms with E-state index < -0.39 is 11.5 Å². The lowest BCUT2D eigenvalue weighted by atomic mass is 10.3. The second kappa shape index (κ2) is 5.11. The number of hydrogen-bond donors (Lipinski definition) is 0. The number of esters is 1. The molecule has 0 N–H and O–H groups in total. The molecule has 0 saturated heterocycles. The summed E-state index contributed by atoms with van der Waals surface area (Å²) in [7, 11) is -0.154. The van der Waals surface area contributed by atoms with Gasteiger partial charge in [0, 0.05) is 12.0 Å². The monoisotopic (exact) mass is 208 g/mol. The first-order chi connectivity index (χ1) is 5.83. The maximum absolute atomic E-state index is 12.3. The molecule has 0 aliphatic carbocycles. The summed E-state index contributed by atoms with van der Waals surface area (Å²) < 4.78 is 29.3. The lowest BCUT2D eigenvalue weighted by molar-refractivity contribution is -0.139. The molecule has 0 heterocycles. The van der Waals surface area contributed by atoms with Crippen LogP contribution in [0.1, 0.15) is 19.8 Å². The van der Waals surface area contributed by atoms with E-state index in [1.54, 1.807) is 0 Å². The third kappa shape index (κ3) is 7.64. The van der Waals surface area contributed by atoms with Crippen LogP contribution in [0, 0.1) is 0 Å². The topological polar surface area (TPSA) is 26.3 Å². The zero-order chi connectivity index (χ0) is 10.5. The Morgan fingerprint density at radius 3 is 2.54 bits per heavy atom. The molecular formula is C8H14F2O2Si. The van der Waals surface area contributed by atoms with Crippen LogP contribution < -0.4 is 0 Å². The number of rotatable bonds is 5. The first-order valence-corrected chi connectivity index (χ1v) is 5.03. The molecule has 0 aromatic rings. The molecule has 0 aliphatic heterocycles. The molecule has 0 rings (SSSR count). The van der Waals surface area contributed by atoms with Gasteiger partial charge < -0.3 is 4.74 Å². The van der Waals surface area contributed by atoms with Gasteiger partial charge in [-0.05, 0) is 13.3 Å². The predicted molar refractivity (Wildman–Crippen MR) is 49.9 cm³/mol. The summed E-state index contributed by atoms with van der Waals surface area (Å²) in [6.07, 6.45) is -0.00177. The zero-order valence-corrected chi connectivity index (χ0v) is 9.90. The SMILES string of the molecule is C=C(C)C(=O)OCCCC(F)(F)[SiH3]. The fourth-order valence-corrected chi connectivity index (χ4v) is 1.02. The van der Waals surface area contributed by atoms with Crippen molar-refractivity contribution in [1.82, 2.24) is 0 Å². The summed E-state index contributed by atoms with van der Waals surface area (Å²) in [6, 6.07) is 0. The first kappa shape index (κ1) is 12.3. The Morgan fingerprint density at radius 1 is 1.62 bits per heavy atom. The molecule has 0 atom stereocenters. The van der Waals surface area contributed by atoms with Crippen molar-refractivity contribution in [2.75, 3.05) is 6.61 Å². The van der Waals surface area contributed by atoms with Gasteiger partial charge in [0.15, 0.2) is 0 Å². The molecule has 0 radical (unpaired) electrons. The van der Waals surface area contributed by atoms with Crippen LogP contribution in [0.25, 0.3) is 0 Å². The van der Waals surface area contributed by atoms with E-state index in [2.05, 4.69) is 11.3 Å². The number of halogens is 2. The molecule has 0 amide bonds. The Morgan fingerprint density at radius 2 is 2.15 bits per heavy atom. The summed E-state index contributed by atoms with van der Waals surface area (Å²) >= 11 is 0. The minimum absolute atomic E-state index is 0.0452. The van der Waals surface area contributed by atoms with Crippen LogP contribution in [0.5, 0.6) is 0 Å². The second-order valence-electron chi connectivity index (χ2n) is 3.09. The number of carbonyl (C=O) groups excluding carboxylic acids is 1. The van der Waals surface area contributed by atoms with Crippen LogP contribution in [0.2, 0.25) is 0 Å². The molecule has 0 spiro atoms. The lowest BCUT2D eigenvalue weighted by Crippen LogP contribution is -2.17. The minimum Gasteiger partial charge on any atom is -0.462 e. The van der Waals surface area contributed by atoms with Crippen molar-refractivity contribution < 1.29 is 18.3 Å². The quantitative estimate of drug-likeness (QED) is 0.290. The summed E-state index contributed by atoms with van der Waals surface area (Å²) in [4.78, 5) is 10.8. The molecule has 76 valence electrons. The Bertz CT molecular complexity index is 199. The molecule has 13 heavy (non-hydrogen) atoms. The largest absolute Gasteiger partial charge is 0.462 e. The maximum Gasteiger partial charge on any atom is 0.333 e. The van der Waals surface area contributed by atoms with E-state index in [-0.39, 0.29) is 35.3 Å². The van der Waals surface area contributed by atoms with Crippen LogP contribution in [0.15, 0.2) is 12.2 Å². The van der Waals surface area contributed by atoms with E-state index >= 15 is 0 Å². The van der Waals surface area contributed by atoms with Crippen LogP contribution in [0.4, 0.5) is 8.78 Å². The van der Waals surface area contributed by atoms with Crippen LogP contribution >= 0.6 is 0 Å². The summed E-state index contributed by atoms with van der Waals surface area (Å²) in [5, 5.41) is 0. The Balaban J connectivity index is 3.47. The standard InChI is InChI=1S/C8H14F2O2Si/c1-6(2)7(11)12-5-3-4-8(9,10)13/h1,3-5H2,2,13H3. The highest BCUT2D eigenvalue weighted by molar-refractivity contribution is 6.13. The van der Waals surface area contributed by atoms with Crippen molar-refractivity contribution in [2.45, 2.75) is 25.3 Å². The number of hydrogen-bond acceptors (Lipinski definition) is 2. The average molecular weight is 208 g/mol. The number of carbonyl (C=O) groups is 1. The molecule has 0 bridgehead atoms. The van der Waals surface area contributed by atoms with E-state index in [4.69, 9.17) is 0 Å². The molecule has 2 nitrogen and oxygen atoms in total. The predicted octanol–water partition coefficient (Wildman–Crippen LogP) is 0.844. The van der Waals surface area contributed by atoms with Crippen molar-refractivity contribution in [1.29, 1.82) is 0 Å². The van der Waals surface area contributed by atoms with Gasteiger partial charge in [0.1, 0.15) is 0 Å². The second-order valence-corrected chi connectivity index (χ2v) is 4.55. The highest BCUT2D eigenvalue weighted by Crippen LogP contribution is 2.14. The van der Waals surface area contributed by atoms with Gasteiger partial charge in [0.05, 0.1) is 16.8 Å². The highest BCUT2D eigenvalue weighted by Gasteiger charge is 2.19. The minimum atomic E-state index is -2.55. The van der Waals surface area contributed by atoms with E-state index in [1.165, 1.54) is 6.92 Å². The van der Waals surface area contributed by atoms with Gasteiger partial charge in [-0.25, -0.2) is 13.6 Å². The highest BCUT2D eigenvalue weighted by atomic mass is 28.1. The molecule has 0 aromatic heterocycles. The Kier molecular flexibility index (Phi) is 4.83. The normalized spacial score (nSPS) is 11.3. The van der Waals surface area contributed by atoms with Crippen molar-refractivity contribution in [3.63, 3.8) is 0 Å². The van der Waals surface area contributed by atoms with E-state index in [0.717, 1.165) is 0 Å². The first-order valence-electron chi connectivity index (χ1n) is 4.03. The third-order valence-electron chi connectivity index (χ3n) is 1.34. The van der Waals surface area contributed by atoms with Crippen molar-refractivity contribution in [3.05, 3.63) is 12.2 Å². The summed E-state index contributed by atoms with van der Waals surface area (Å²) in [6.45, 7) is 4.93. The van der Waals surface area contributed by atoms with E-state index in [9.17, 15) is 13.6 Å². The van der Waals surface area contributed by atoms with Crippen LogP contribution in [-0.4, -0.2) is 28.4 Å². The zero-order valence-electron chi connectivity index (χ0n) is 7.90. The van der Waals surface area contributed by atoms with Gasteiger partial charge in [-0.2, -0.15) is 0 Å². The van der Waals surface area contributed by atoms with Gasteiger partial charge in [0.2, 0.25) is 5.55 Å². The van der Waals surface area contributed by atoms with Crippen molar-refractivity contribution in [2.24, 2.45) is 0 Å². The van der Waals surface area contributed by atoms with Crippen LogP contribution in [0.3, 0.4) is 0 Å². The third-order valence-corrected chi connectivity index (χ3v) is 1.84. The van der Waals surface area contributed by atoms with E-state index in [0.29, 0.717) is 0 Å². The number of alkyl halides is 2. The van der Waals surface area contributed by atoms with Gasteiger partial charge >= 0.3 is 5.97 Å². The molecular weight excluding hydrogens is 194 g/mol. The number of ether oxygens (including phenoxy) is 1. The molecule has 0 fully saturated rings. The molecule has 5 heteroatoms. The Hall–Kier alpha value is -0.713. The fourth-order valence-electron chi connectivity index (χ4n) is 0.671. The van der Waals surface area contributed by atoms with Gasteiger partial charge in [-0.3, -0.25) is 0 Å².